The number of hydrogen-bond acceptors (Lipinski definition) is 4. The van der Waals surface area contributed by atoms with Gasteiger partial charge in [-0.05, 0) is 43.0 Å². The fourth-order valence-electron chi connectivity index (χ4n) is 3.26. The Morgan fingerprint density at radius 1 is 1.26 bits per heavy atom. The first-order valence-corrected chi connectivity index (χ1v) is 8.13. The van der Waals surface area contributed by atoms with E-state index < -0.39 is 0 Å². The van der Waals surface area contributed by atoms with Crippen LogP contribution in [0.5, 0.6) is 0 Å². The summed E-state index contributed by atoms with van der Waals surface area (Å²) >= 11 is 0. The van der Waals surface area contributed by atoms with Crippen molar-refractivity contribution in [3.05, 3.63) is 35.7 Å². The largest absolute Gasteiger partial charge is 0.465 e. The summed E-state index contributed by atoms with van der Waals surface area (Å²) in [6, 6.07) is 4.21. The maximum atomic E-state index is 11.9. The van der Waals surface area contributed by atoms with Crippen LogP contribution < -0.4 is 5.73 Å². The number of methoxy groups -OCH3 is 1. The van der Waals surface area contributed by atoms with Crippen LogP contribution in [0.3, 0.4) is 0 Å². The number of hydrogen-bond donors (Lipinski definition) is 1. The van der Waals surface area contributed by atoms with Crippen molar-refractivity contribution in [3.63, 3.8) is 0 Å². The Hall–Kier alpha value is -2.30. The van der Waals surface area contributed by atoms with Gasteiger partial charge in [-0.1, -0.05) is 19.3 Å². The molecule has 0 amide bonds. The fourth-order valence-corrected chi connectivity index (χ4v) is 3.26. The summed E-state index contributed by atoms with van der Waals surface area (Å²) in [6.45, 7) is 1.83. The molecule has 0 saturated heterocycles. The molecule has 1 fully saturated rings. The van der Waals surface area contributed by atoms with E-state index >= 15 is 0 Å². The number of carbonyl (C=O) groups is 1. The molecule has 0 unspecified atom stereocenters. The van der Waals surface area contributed by atoms with Crippen LogP contribution >= 0.6 is 0 Å². The molecule has 0 bridgehead atoms. The lowest BCUT2D eigenvalue weighted by Crippen LogP contribution is -2.12. The Bertz CT molecular complexity index is 715. The van der Waals surface area contributed by atoms with E-state index in [1.807, 2.05) is 25.3 Å². The van der Waals surface area contributed by atoms with Crippen LogP contribution in [0.1, 0.15) is 54.1 Å². The molecule has 0 radical (unpaired) electrons. The summed E-state index contributed by atoms with van der Waals surface area (Å²) in [5.41, 5.74) is 9.79. The van der Waals surface area contributed by atoms with Crippen molar-refractivity contribution >= 4 is 11.7 Å². The average molecular weight is 313 g/mol. The molecule has 1 heterocycles. The highest BCUT2D eigenvalue weighted by Gasteiger charge is 2.18. The van der Waals surface area contributed by atoms with Crippen LogP contribution in [0.2, 0.25) is 0 Å². The van der Waals surface area contributed by atoms with Gasteiger partial charge in [-0.25, -0.2) is 4.79 Å². The number of nitrogens with zero attached hydrogens (tertiary/aromatic N) is 2. The first-order chi connectivity index (χ1) is 11.1. The second kappa shape index (κ2) is 6.44. The molecule has 0 atom stereocenters. The number of rotatable bonds is 3. The molecule has 1 saturated carbocycles. The van der Waals surface area contributed by atoms with E-state index in [0.29, 0.717) is 17.3 Å². The van der Waals surface area contributed by atoms with Gasteiger partial charge in [-0.3, -0.25) is 4.68 Å². The highest BCUT2D eigenvalue weighted by atomic mass is 16.5. The van der Waals surface area contributed by atoms with Gasteiger partial charge in [0.2, 0.25) is 0 Å². The maximum Gasteiger partial charge on any atom is 0.338 e. The molecule has 1 aromatic heterocycles. The maximum absolute atomic E-state index is 11.9. The second-order valence-corrected chi connectivity index (χ2v) is 6.23. The lowest BCUT2D eigenvalue weighted by Gasteiger charge is -2.21. The highest BCUT2D eigenvalue weighted by Crippen LogP contribution is 2.31. The molecule has 1 aliphatic rings. The van der Waals surface area contributed by atoms with Crippen LogP contribution in [-0.2, 0) is 4.74 Å². The normalized spacial score (nSPS) is 15.6. The smallest absolute Gasteiger partial charge is 0.338 e. The minimum absolute atomic E-state index is 0.365. The molecule has 1 aliphatic carbocycles. The number of nitrogen functional groups attached to an aromatic ring is 1. The van der Waals surface area contributed by atoms with E-state index in [-0.39, 0.29) is 5.97 Å². The summed E-state index contributed by atoms with van der Waals surface area (Å²) < 4.78 is 6.91. The molecule has 2 N–H and O–H groups in total. The van der Waals surface area contributed by atoms with E-state index in [0.717, 1.165) is 16.7 Å². The number of benzene rings is 1. The van der Waals surface area contributed by atoms with Gasteiger partial charge in [-0.15, -0.1) is 0 Å². The second-order valence-electron chi connectivity index (χ2n) is 6.23. The van der Waals surface area contributed by atoms with Crippen LogP contribution in [-0.4, -0.2) is 22.9 Å². The first-order valence-electron chi connectivity index (χ1n) is 8.13. The van der Waals surface area contributed by atoms with Crippen molar-refractivity contribution in [2.75, 3.05) is 12.8 Å². The van der Waals surface area contributed by atoms with Crippen molar-refractivity contribution in [1.82, 2.24) is 9.78 Å². The molecule has 1 aromatic carbocycles. The zero-order valence-electron chi connectivity index (χ0n) is 13.7. The zero-order chi connectivity index (χ0) is 16.4. The average Bonchev–Trinajstić information content (AvgIpc) is 3.07. The van der Waals surface area contributed by atoms with Gasteiger partial charge >= 0.3 is 5.97 Å². The number of nitrogens with two attached hydrogens (primary N) is 1. The monoisotopic (exact) mass is 313 g/mol. The minimum atomic E-state index is -0.365. The Kier molecular flexibility index (Phi) is 4.37. The van der Waals surface area contributed by atoms with E-state index in [4.69, 9.17) is 10.5 Å². The summed E-state index contributed by atoms with van der Waals surface area (Å²) in [5, 5.41) is 4.52. The molecular weight excluding hydrogens is 290 g/mol. The predicted octanol–water partition coefficient (Wildman–Crippen LogP) is 3.73. The van der Waals surface area contributed by atoms with E-state index in [1.165, 1.54) is 39.2 Å². The van der Waals surface area contributed by atoms with Gasteiger partial charge in [0.05, 0.1) is 24.9 Å². The lowest BCUT2D eigenvalue weighted by atomic mass is 9.95. The van der Waals surface area contributed by atoms with Crippen molar-refractivity contribution in [1.29, 1.82) is 0 Å². The van der Waals surface area contributed by atoms with Gasteiger partial charge in [-0.2, -0.15) is 5.10 Å². The van der Waals surface area contributed by atoms with Crippen LogP contribution in [0.25, 0.3) is 11.1 Å². The Morgan fingerprint density at radius 3 is 2.70 bits per heavy atom. The first kappa shape index (κ1) is 15.6. The van der Waals surface area contributed by atoms with Crippen LogP contribution in [0.15, 0.2) is 24.5 Å². The summed E-state index contributed by atoms with van der Waals surface area (Å²) in [6.07, 6.45) is 10.1. The Morgan fingerprint density at radius 2 is 2.00 bits per heavy atom. The standard InChI is InChI=1S/C18H23N3O2/c1-12-16(18(22)23-2)8-13(9-17(12)19)14-10-20-21(11-14)15-6-4-3-5-7-15/h8-11,15H,3-7,19H2,1-2H3. The molecule has 5 nitrogen and oxygen atoms in total. The minimum Gasteiger partial charge on any atom is -0.465 e. The molecule has 5 heteroatoms. The fraction of sp³-hybridized carbons (Fsp3) is 0.444. The van der Waals surface area contributed by atoms with Gasteiger partial charge in [0.25, 0.3) is 0 Å². The van der Waals surface area contributed by atoms with Gasteiger partial charge < -0.3 is 10.5 Å². The number of ether oxygens (including phenoxy) is 1. The Labute approximate surface area is 136 Å². The van der Waals surface area contributed by atoms with Crippen LogP contribution in [0, 0.1) is 6.92 Å². The van der Waals surface area contributed by atoms with Gasteiger partial charge in [0, 0.05) is 17.4 Å². The summed E-state index contributed by atoms with van der Waals surface area (Å²) in [4.78, 5) is 11.9. The molecule has 2 aromatic rings. The van der Waals surface area contributed by atoms with Gasteiger partial charge in [0.15, 0.2) is 0 Å². The molecule has 122 valence electrons. The van der Waals surface area contributed by atoms with Crippen molar-refractivity contribution in [3.8, 4) is 11.1 Å². The Balaban J connectivity index is 1.94. The molecule has 23 heavy (non-hydrogen) atoms. The topological polar surface area (TPSA) is 70.1 Å². The predicted molar refractivity (Wildman–Crippen MR) is 90.3 cm³/mol. The molecule has 3 rings (SSSR count). The SMILES string of the molecule is COC(=O)c1cc(-c2cnn(C3CCCCC3)c2)cc(N)c1C. The van der Waals surface area contributed by atoms with E-state index in [2.05, 4.69) is 16.0 Å². The summed E-state index contributed by atoms with van der Waals surface area (Å²) in [5.74, 6) is -0.365. The quantitative estimate of drug-likeness (QED) is 0.692. The lowest BCUT2D eigenvalue weighted by molar-refractivity contribution is 0.0600. The number of anilines is 1. The molecular formula is C18H23N3O2. The van der Waals surface area contributed by atoms with Crippen molar-refractivity contribution < 1.29 is 9.53 Å². The number of esters is 1. The molecule has 0 spiro atoms. The number of carbonyl (C=O) groups excluding carboxylic acids is 1. The third-order valence-corrected chi connectivity index (χ3v) is 4.74. The van der Waals surface area contributed by atoms with Gasteiger partial charge in [0.1, 0.15) is 0 Å². The van der Waals surface area contributed by atoms with E-state index in [1.54, 1.807) is 0 Å². The van der Waals surface area contributed by atoms with E-state index in [9.17, 15) is 4.79 Å². The van der Waals surface area contributed by atoms with Crippen molar-refractivity contribution in [2.24, 2.45) is 0 Å². The number of aromatic nitrogens is 2. The molecule has 0 aliphatic heterocycles. The summed E-state index contributed by atoms with van der Waals surface area (Å²) in [7, 11) is 1.38. The third-order valence-electron chi connectivity index (χ3n) is 4.74. The third kappa shape index (κ3) is 3.09. The highest BCUT2D eigenvalue weighted by molar-refractivity contribution is 5.94. The zero-order valence-corrected chi connectivity index (χ0v) is 13.7. The van der Waals surface area contributed by atoms with Crippen molar-refractivity contribution in [2.45, 2.75) is 45.1 Å². The van der Waals surface area contributed by atoms with Crippen LogP contribution in [0.4, 0.5) is 5.69 Å².